The number of para-hydroxylation sites is 1. The second-order valence-electron chi connectivity index (χ2n) is 4.01. The fraction of sp³-hybridized carbons (Fsp3) is 0. The lowest BCUT2D eigenvalue weighted by atomic mass is 10.0. The number of carboxylic acids is 1. The molecule has 0 fully saturated rings. The van der Waals surface area contributed by atoms with Gasteiger partial charge in [-0.1, -0.05) is 48.5 Å². The molecule has 1 heterocycles. The molecule has 88 valence electrons. The molecule has 0 spiro atoms. The molecule has 0 unspecified atom stereocenters. The fourth-order valence-electron chi connectivity index (χ4n) is 2.01. The monoisotopic (exact) mass is 238 g/mol. The van der Waals surface area contributed by atoms with Crippen LogP contribution in [0.25, 0.3) is 22.1 Å². The van der Waals surface area contributed by atoms with Gasteiger partial charge in [-0.15, -0.1) is 0 Å². The van der Waals surface area contributed by atoms with Gasteiger partial charge in [0.05, 0.1) is 0 Å². The van der Waals surface area contributed by atoms with Gasteiger partial charge in [-0.2, -0.15) is 0 Å². The number of furan rings is 1. The highest BCUT2D eigenvalue weighted by atomic mass is 16.4. The molecule has 3 aromatic rings. The third-order valence-electron chi connectivity index (χ3n) is 2.84. The third kappa shape index (κ3) is 1.66. The van der Waals surface area contributed by atoms with Crippen LogP contribution in [0.3, 0.4) is 0 Å². The quantitative estimate of drug-likeness (QED) is 0.738. The molecule has 0 bridgehead atoms. The van der Waals surface area contributed by atoms with Crippen molar-refractivity contribution in [1.82, 2.24) is 0 Å². The summed E-state index contributed by atoms with van der Waals surface area (Å²) in [6.07, 6.45) is 0. The zero-order valence-corrected chi connectivity index (χ0v) is 9.46. The van der Waals surface area contributed by atoms with E-state index in [-0.39, 0.29) is 5.76 Å². The summed E-state index contributed by atoms with van der Waals surface area (Å²) >= 11 is 0. The molecule has 0 amide bonds. The van der Waals surface area contributed by atoms with E-state index in [2.05, 4.69) is 0 Å². The van der Waals surface area contributed by atoms with E-state index >= 15 is 0 Å². The maximum absolute atomic E-state index is 10.9. The molecule has 0 aliphatic heterocycles. The lowest BCUT2D eigenvalue weighted by Crippen LogP contribution is -1.91. The smallest absolute Gasteiger partial charge is 0.371 e. The van der Waals surface area contributed by atoms with Crippen molar-refractivity contribution in [2.24, 2.45) is 0 Å². The summed E-state index contributed by atoms with van der Waals surface area (Å²) in [5.74, 6) is -1.08. The van der Waals surface area contributed by atoms with Gasteiger partial charge in [-0.3, -0.25) is 0 Å². The zero-order chi connectivity index (χ0) is 12.5. The van der Waals surface area contributed by atoms with Crippen LogP contribution in [-0.2, 0) is 0 Å². The lowest BCUT2D eigenvalue weighted by molar-refractivity contribution is 0.0665. The van der Waals surface area contributed by atoms with Gasteiger partial charge in [0.2, 0.25) is 5.76 Å². The predicted molar refractivity (Wildman–Crippen MR) is 68.6 cm³/mol. The van der Waals surface area contributed by atoms with Crippen molar-refractivity contribution in [3.8, 4) is 11.1 Å². The second-order valence-corrected chi connectivity index (χ2v) is 4.01. The van der Waals surface area contributed by atoms with Crippen molar-refractivity contribution in [2.45, 2.75) is 0 Å². The highest BCUT2D eigenvalue weighted by Crippen LogP contribution is 2.30. The summed E-state index contributed by atoms with van der Waals surface area (Å²) in [5, 5.41) is 9.75. The van der Waals surface area contributed by atoms with Crippen molar-refractivity contribution < 1.29 is 14.3 Å². The van der Waals surface area contributed by atoms with Gasteiger partial charge in [-0.05, 0) is 11.6 Å². The molecule has 2 aromatic carbocycles. The fourth-order valence-corrected chi connectivity index (χ4v) is 2.01. The van der Waals surface area contributed by atoms with E-state index in [1.165, 1.54) is 0 Å². The van der Waals surface area contributed by atoms with Gasteiger partial charge in [0.1, 0.15) is 5.58 Å². The molecule has 0 aliphatic rings. The summed E-state index contributed by atoms with van der Waals surface area (Å²) in [4.78, 5) is 10.9. The van der Waals surface area contributed by atoms with Crippen LogP contribution in [0.5, 0.6) is 0 Å². The molecule has 3 nitrogen and oxygen atoms in total. The number of hydrogen-bond donors (Lipinski definition) is 1. The molecule has 0 saturated heterocycles. The Balaban J connectivity index is 2.27. The summed E-state index contributed by atoms with van der Waals surface area (Å²) in [7, 11) is 0. The van der Waals surface area contributed by atoms with E-state index in [1.807, 2.05) is 48.5 Å². The molecule has 1 N–H and O–H groups in total. The summed E-state index contributed by atoms with van der Waals surface area (Å²) in [6.45, 7) is 0. The van der Waals surface area contributed by atoms with Crippen molar-refractivity contribution in [3.63, 3.8) is 0 Å². The van der Waals surface area contributed by atoms with Crippen LogP contribution in [0.1, 0.15) is 10.6 Å². The Hall–Kier alpha value is -2.55. The van der Waals surface area contributed by atoms with Crippen molar-refractivity contribution in [3.05, 3.63) is 60.4 Å². The van der Waals surface area contributed by atoms with E-state index in [4.69, 9.17) is 9.52 Å². The van der Waals surface area contributed by atoms with E-state index in [0.29, 0.717) is 5.58 Å². The number of hydrogen-bond acceptors (Lipinski definition) is 2. The normalized spacial score (nSPS) is 10.7. The number of carbonyl (C=O) groups is 1. The van der Waals surface area contributed by atoms with Crippen LogP contribution in [0.4, 0.5) is 0 Å². The summed E-state index contributed by atoms with van der Waals surface area (Å²) in [6, 6.07) is 17.0. The molecule has 3 heteroatoms. The van der Waals surface area contributed by atoms with Crippen molar-refractivity contribution in [2.75, 3.05) is 0 Å². The van der Waals surface area contributed by atoms with Crippen LogP contribution in [0.2, 0.25) is 0 Å². The Labute approximate surface area is 103 Å². The first-order chi connectivity index (χ1) is 8.75. The standard InChI is InChI=1S/C15H10O3/c16-15(17)13-9-11-7-4-8-12(14(11)18-13)10-5-2-1-3-6-10/h1-9H,(H,16,17). The molecule has 0 saturated carbocycles. The van der Waals surface area contributed by atoms with Crippen LogP contribution < -0.4 is 0 Å². The van der Waals surface area contributed by atoms with Crippen molar-refractivity contribution in [1.29, 1.82) is 0 Å². The van der Waals surface area contributed by atoms with Gasteiger partial charge in [-0.25, -0.2) is 4.79 Å². The van der Waals surface area contributed by atoms with Crippen LogP contribution >= 0.6 is 0 Å². The molecule has 1 aromatic heterocycles. The van der Waals surface area contributed by atoms with Crippen LogP contribution in [-0.4, -0.2) is 11.1 Å². The minimum absolute atomic E-state index is 0.0339. The van der Waals surface area contributed by atoms with Gasteiger partial charge in [0, 0.05) is 10.9 Å². The molecule has 0 radical (unpaired) electrons. The van der Waals surface area contributed by atoms with Crippen LogP contribution in [0, 0.1) is 0 Å². The zero-order valence-electron chi connectivity index (χ0n) is 9.46. The highest BCUT2D eigenvalue weighted by Gasteiger charge is 2.13. The molecule has 0 atom stereocenters. The van der Waals surface area contributed by atoms with Gasteiger partial charge >= 0.3 is 5.97 Å². The topological polar surface area (TPSA) is 50.4 Å². The SMILES string of the molecule is O=C(O)c1cc2cccc(-c3ccccc3)c2o1. The Kier molecular flexibility index (Phi) is 2.38. The first-order valence-corrected chi connectivity index (χ1v) is 5.57. The largest absolute Gasteiger partial charge is 0.475 e. The van der Waals surface area contributed by atoms with E-state index in [0.717, 1.165) is 16.5 Å². The Morgan fingerprint density at radius 3 is 2.50 bits per heavy atom. The average Bonchev–Trinajstić information content (AvgIpc) is 2.83. The first kappa shape index (κ1) is 10.6. The van der Waals surface area contributed by atoms with E-state index in [9.17, 15) is 4.79 Å². The highest BCUT2D eigenvalue weighted by molar-refractivity contribution is 5.97. The number of aromatic carboxylic acids is 1. The minimum Gasteiger partial charge on any atom is -0.475 e. The van der Waals surface area contributed by atoms with Gasteiger partial charge in [0.15, 0.2) is 0 Å². The number of carboxylic acid groups (broad SMARTS) is 1. The third-order valence-corrected chi connectivity index (χ3v) is 2.84. The van der Waals surface area contributed by atoms with E-state index < -0.39 is 5.97 Å². The van der Waals surface area contributed by atoms with Gasteiger partial charge in [0.25, 0.3) is 0 Å². The number of fused-ring (bicyclic) bond motifs is 1. The van der Waals surface area contributed by atoms with E-state index in [1.54, 1.807) is 6.07 Å². The molecule has 3 rings (SSSR count). The predicted octanol–water partition coefficient (Wildman–Crippen LogP) is 3.80. The molecular formula is C15H10O3. The van der Waals surface area contributed by atoms with Crippen LogP contribution in [0.15, 0.2) is 59.0 Å². The summed E-state index contributed by atoms with van der Waals surface area (Å²) in [5.41, 5.74) is 2.52. The molecule has 0 aliphatic carbocycles. The Morgan fingerprint density at radius 1 is 1.00 bits per heavy atom. The number of benzene rings is 2. The maximum atomic E-state index is 10.9. The second kappa shape index (κ2) is 4.04. The number of rotatable bonds is 2. The Bertz CT molecular complexity index is 711. The summed E-state index contributed by atoms with van der Waals surface area (Å²) < 4.78 is 5.42. The minimum atomic E-state index is -1.05. The van der Waals surface area contributed by atoms with Crippen molar-refractivity contribution >= 4 is 16.9 Å². The van der Waals surface area contributed by atoms with Gasteiger partial charge < -0.3 is 9.52 Å². The lowest BCUT2D eigenvalue weighted by Gasteiger charge is -2.01. The molecular weight excluding hydrogens is 228 g/mol. The average molecular weight is 238 g/mol. The first-order valence-electron chi connectivity index (χ1n) is 5.57. The Morgan fingerprint density at radius 2 is 1.78 bits per heavy atom. The molecule has 18 heavy (non-hydrogen) atoms. The maximum Gasteiger partial charge on any atom is 0.371 e.